The third-order valence-electron chi connectivity index (χ3n) is 3.03. The summed E-state index contributed by atoms with van der Waals surface area (Å²) in [6.45, 7) is 16.1. The Balaban J connectivity index is 4.53. The summed E-state index contributed by atoms with van der Waals surface area (Å²) in [6.07, 6.45) is 0.842. The summed E-state index contributed by atoms with van der Waals surface area (Å²) >= 11 is 0. The molecule has 0 aromatic carbocycles. The first-order chi connectivity index (χ1) is 7.99. The third kappa shape index (κ3) is 6.98. The monoisotopic (exact) mass is 253 g/mol. The van der Waals surface area contributed by atoms with Gasteiger partial charge in [-0.25, -0.2) is 0 Å². The Labute approximate surface area is 114 Å². The van der Waals surface area contributed by atoms with Crippen LogP contribution in [0.15, 0.2) is 0 Å². The zero-order chi connectivity index (χ0) is 14.6. The fraction of sp³-hybridized carbons (Fsp3) is 0.933. The molecule has 0 aromatic rings. The number of hydrogen-bond donors (Lipinski definition) is 1. The van der Waals surface area contributed by atoms with Crippen molar-refractivity contribution in [2.45, 2.75) is 72.5 Å². The van der Waals surface area contributed by atoms with Crippen LogP contribution in [0.25, 0.3) is 0 Å². The normalized spacial score (nSPS) is 17.6. The lowest BCUT2D eigenvalue weighted by Gasteiger charge is -2.36. The number of nitrogens with one attached hydrogen (secondary N) is 1. The maximum atomic E-state index is 9.37. The highest BCUT2D eigenvalue weighted by Gasteiger charge is 2.29. The molecular weight excluding hydrogens is 222 g/mol. The van der Waals surface area contributed by atoms with Gasteiger partial charge in [-0.3, -0.25) is 5.32 Å². The van der Waals surface area contributed by atoms with Crippen LogP contribution in [0.3, 0.4) is 0 Å². The SMILES string of the molecule is CC(C)NC(C)(C#N)CC(C)N(C)CC(C)(C)C. The molecule has 0 aliphatic heterocycles. The summed E-state index contributed by atoms with van der Waals surface area (Å²) in [7, 11) is 2.14. The molecule has 0 bridgehead atoms. The van der Waals surface area contributed by atoms with Gasteiger partial charge >= 0.3 is 0 Å². The largest absolute Gasteiger partial charge is 0.303 e. The predicted octanol–water partition coefficient (Wildman–Crippen LogP) is 3.02. The molecule has 0 saturated carbocycles. The van der Waals surface area contributed by atoms with Gasteiger partial charge in [0, 0.05) is 18.6 Å². The second-order valence-electron chi connectivity index (χ2n) is 7.27. The Morgan fingerprint density at radius 1 is 1.17 bits per heavy atom. The quantitative estimate of drug-likeness (QED) is 0.791. The van der Waals surface area contributed by atoms with Crippen molar-refractivity contribution < 1.29 is 0 Å². The van der Waals surface area contributed by atoms with E-state index < -0.39 is 5.54 Å². The van der Waals surface area contributed by atoms with Crippen molar-refractivity contribution in [2.24, 2.45) is 5.41 Å². The molecule has 106 valence electrons. The minimum Gasteiger partial charge on any atom is -0.303 e. The van der Waals surface area contributed by atoms with Crippen LogP contribution >= 0.6 is 0 Å². The maximum Gasteiger partial charge on any atom is 0.105 e. The van der Waals surface area contributed by atoms with Gasteiger partial charge in [-0.05, 0) is 46.6 Å². The zero-order valence-corrected chi connectivity index (χ0v) is 13.5. The van der Waals surface area contributed by atoms with E-state index in [9.17, 15) is 5.26 Å². The smallest absolute Gasteiger partial charge is 0.105 e. The lowest BCUT2D eigenvalue weighted by molar-refractivity contribution is 0.156. The molecule has 0 aromatic heterocycles. The van der Waals surface area contributed by atoms with Crippen LogP contribution in [-0.2, 0) is 0 Å². The highest BCUT2D eigenvalue weighted by atomic mass is 15.1. The Kier molecular flexibility index (Phi) is 6.33. The molecule has 0 heterocycles. The minimum atomic E-state index is -0.445. The van der Waals surface area contributed by atoms with Gasteiger partial charge in [-0.15, -0.1) is 0 Å². The second-order valence-corrected chi connectivity index (χ2v) is 7.27. The molecule has 1 N–H and O–H groups in total. The summed E-state index contributed by atoms with van der Waals surface area (Å²) in [6, 6.07) is 3.14. The predicted molar refractivity (Wildman–Crippen MR) is 78.5 cm³/mol. The number of hydrogen-bond acceptors (Lipinski definition) is 3. The minimum absolute atomic E-state index is 0.289. The molecule has 0 spiro atoms. The van der Waals surface area contributed by atoms with Crippen LogP contribution in [0, 0.1) is 16.7 Å². The highest BCUT2D eigenvalue weighted by Crippen LogP contribution is 2.20. The summed E-state index contributed by atoms with van der Waals surface area (Å²) in [5.41, 5.74) is -0.155. The molecule has 0 aliphatic rings. The Bertz CT molecular complexity index is 285. The van der Waals surface area contributed by atoms with Crippen molar-refractivity contribution in [1.29, 1.82) is 5.26 Å². The van der Waals surface area contributed by atoms with Gasteiger partial charge in [0.1, 0.15) is 5.54 Å². The van der Waals surface area contributed by atoms with Crippen molar-refractivity contribution in [3.05, 3.63) is 0 Å². The molecule has 0 saturated heterocycles. The van der Waals surface area contributed by atoms with Gasteiger partial charge in [0.15, 0.2) is 0 Å². The molecule has 2 unspecified atom stereocenters. The van der Waals surface area contributed by atoms with Gasteiger partial charge < -0.3 is 4.90 Å². The van der Waals surface area contributed by atoms with Crippen LogP contribution in [0.2, 0.25) is 0 Å². The average molecular weight is 253 g/mol. The first-order valence-electron chi connectivity index (χ1n) is 6.88. The second kappa shape index (κ2) is 6.54. The molecule has 0 amide bonds. The van der Waals surface area contributed by atoms with Crippen LogP contribution in [-0.4, -0.2) is 36.1 Å². The van der Waals surface area contributed by atoms with E-state index in [1.807, 2.05) is 6.92 Å². The Morgan fingerprint density at radius 3 is 2.00 bits per heavy atom. The van der Waals surface area contributed by atoms with Crippen molar-refractivity contribution >= 4 is 0 Å². The third-order valence-corrected chi connectivity index (χ3v) is 3.03. The molecule has 3 nitrogen and oxygen atoms in total. The van der Waals surface area contributed by atoms with Gasteiger partial charge in [0.05, 0.1) is 6.07 Å². The first-order valence-corrected chi connectivity index (χ1v) is 6.88. The average Bonchev–Trinajstić information content (AvgIpc) is 2.13. The van der Waals surface area contributed by atoms with Gasteiger partial charge in [-0.1, -0.05) is 20.8 Å². The standard InChI is InChI=1S/C15H31N3/c1-12(2)17-15(7,10-16)9-13(3)18(8)11-14(4,5)6/h12-13,17H,9,11H2,1-8H3. The van der Waals surface area contributed by atoms with Crippen LogP contribution < -0.4 is 5.32 Å². The highest BCUT2D eigenvalue weighted by molar-refractivity contribution is 5.06. The van der Waals surface area contributed by atoms with E-state index in [-0.39, 0.29) is 5.41 Å². The van der Waals surface area contributed by atoms with Gasteiger partial charge in [-0.2, -0.15) is 5.26 Å². The fourth-order valence-electron chi connectivity index (χ4n) is 2.42. The van der Waals surface area contributed by atoms with Crippen molar-refractivity contribution in [2.75, 3.05) is 13.6 Å². The number of rotatable bonds is 6. The number of nitriles is 1. The van der Waals surface area contributed by atoms with Crippen LogP contribution in [0.1, 0.15) is 54.9 Å². The van der Waals surface area contributed by atoms with E-state index in [0.29, 0.717) is 12.1 Å². The molecule has 0 radical (unpaired) electrons. The molecule has 18 heavy (non-hydrogen) atoms. The van der Waals surface area contributed by atoms with E-state index in [1.54, 1.807) is 0 Å². The molecule has 2 atom stereocenters. The fourth-order valence-corrected chi connectivity index (χ4v) is 2.42. The van der Waals surface area contributed by atoms with Crippen molar-refractivity contribution in [3.8, 4) is 6.07 Å². The molecular formula is C15H31N3. The van der Waals surface area contributed by atoms with Crippen LogP contribution in [0.4, 0.5) is 0 Å². The van der Waals surface area contributed by atoms with E-state index >= 15 is 0 Å². The van der Waals surface area contributed by atoms with Gasteiger partial charge in [0.2, 0.25) is 0 Å². The topological polar surface area (TPSA) is 39.1 Å². The Morgan fingerprint density at radius 2 is 1.67 bits per heavy atom. The van der Waals surface area contributed by atoms with Crippen molar-refractivity contribution in [3.63, 3.8) is 0 Å². The molecule has 3 heteroatoms. The van der Waals surface area contributed by atoms with Gasteiger partial charge in [0.25, 0.3) is 0 Å². The molecule has 0 aliphatic carbocycles. The summed E-state index contributed by atoms with van der Waals surface area (Å²) in [4.78, 5) is 2.34. The first kappa shape index (κ1) is 17.4. The lowest BCUT2D eigenvalue weighted by atomic mass is 9.91. The summed E-state index contributed by atoms with van der Waals surface area (Å²) in [5, 5.41) is 12.7. The van der Waals surface area contributed by atoms with Crippen molar-refractivity contribution in [1.82, 2.24) is 10.2 Å². The number of nitrogens with zero attached hydrogens (tertiary/aromatic N) is 2. The van der Waals surface area contributed by atoms with E-state index in [4.69, 9.17) is 0 Å². The Hall–Kier alpha value is -0.590. The summed E-state index contributed by atoms with van der Waals surface area (Å²) in [5.74, 6) is 0. The molecule has 0 fully saturated rings. The zero-order valence-electron chi connectivity index (χ0n) is 13.5. The van der Waals surface area contributed by atoms with E-state index in [0.717, 1.165) is 13.0 Å². The van der Waals surface area contributed by atoms with E-state index in [2.05, 4.69) is 64.9 Å². The summed E-state index contributed by atoms with van der Waals surface area (Å²) < 4.78 is 0. The lowest BCUT2D eigenvalue weighted by Crippen LogP contribution is -2.49. The van der Waals surface area contributed by atoms with E-state index in [1.165, 1.54) is 0 Å². The maximum absolute atomic E-state index is 9.37. The molecule has 0 rings (SSSR count). The van der Waals surface area contributed by atoms with Crippen LogP contribution in [0.5, 0.6) is 0 Å².